The minimum absolute atomic E-state index is 0.0538. The smallest absolute Gasteiger partial charge is 0.289 e. The van der Waals surface area contributed by atoms with Gasteiger partial charge in [0.1, 0.15) is 5.82 Å². The standard InChI is InChI=1S/C12H12N4O4S/c13-8-9-4-3-7-14-12(9)15-21(19,20)11-6-2-1-5-10(11)16(17)18/h1-7H,8,13H2,(H,14,15). The van der Waals surface area contributed by atoms with E-state index in [1.54, 1.807) is 12.1 Å². The lowest BCUT2D eigenvalue weighted by Gasteiger charge is -2.10. The molecule has 110 valence electrons. The Morgan fingerprint density at radius 3 is 2.62 bits per heavy atom. The largest absolute Gasteiger partial charge is 0.326 e. The summed E-state index contributed by atoms with van der Waals surface area (Å²) in [5.41, 5.74) is 5.48. The molecule has 0 aliphatic rings. The molecule has 1 heterocycles. The fourth-order valence-electron chi connectivity index (χ4n) is 1.71. The highest BCUT2D eigenvalue weighted by Gasteiger charge is 2.26. The van der Waals surface area contributed by atoms with Crippen LogP contribution in [0.5, 0.6) is 0 Å². The normalized spacial score (nSPS) is 11.1. The summed E-state index contributed by atoms with van der Waals surface area (Å²) in [5, 5.41) is 10.9. The Morgan fingerprint density at radius 1 is 1.24 bits per heavy atom. The average Bonchev–Trinajstić information content (AvgIpc) is 2.47. The number of benzene rings is 1. The highest BCUT2D eigenvalue weighted by atomic mass is 32.2. The van der Waals surface area contributed by atoms with Crippen molar-refractivity contribution in [2.24, 2.45) is 5.73 Å². The van der Waals surface area contributed by atoms with Gasteiger partial charge in [0.25, 0.3) is 15.7 Å². The third kappa shape index (κ3) is 3.15. The minimum atomic E-state index is -4.13. The van der Waals surface area contributed by atoms with Crippen molar-refractivity contribution in [3.05, 3.63) is 58.3 Å². The van der Waals surface area contributed by atoms with Gasteiger partial charge in [-0.3, -0.25) is 14.8 Å². The van der Waals surface area contributed by atoms with Crippen molar-refractivity contribution < 1.29 is 13.3 Å². The lowest BCUT2D eigenvalue weighted by molar-refractivity contribution is -0.387. The maximum atomic E-state index is 12.3. The number of nitro groups is 1. The molecule has 0 fully saturated rings. The molecule has 0 radical (unpaired) electrons. The zero-order chi connectivity index (χ0) is 15.5. The Hall–Kier alpha value is -2.52. The second-order valence-corrected chi connectivity index (χ2v) is 5.70. The summed E-state index contributed by atoms with van der Waals surface area (Å²) in [7, 11) is -4.13. The van der Waals surface area contributed by atoms with Crippen molar-refractivity contribution in [2.75, 3.05) is 4.72 Å². The van der Waals surface area contributed by atoms with E-state index in [0.29, 0.717) is 5.56 Å². The van der Waals surface area contributed by atoms with E-state index < -0.39 is 25.5 Å². The number of nitrogens with zero attached hydrogens (tertiary/aromatic N) is 2. The van der Waals surface area contributed by atoms with Gasteiger partial charge in [-0.15, -0.1) is 0 Å². The van der Waals surface area contributed by atoms with Crippen LogP contribution in [0.1, 0.15) is 5.56 Å². The van der Waals surface area contributed by atoms with E-state index >= 15 is 0 Å². The van der Waals surface area contributed by atoms with Crippen molar-refractivity contribution in [2.45, 2.75) is 11.4 Å². The number of pyridine rings is 1. The minimum Gasteiger partial charge on any atom is -0.326 e. The van der Waals surface area contributed by atoms with Crippen LogP contribution in [0.3, 0.4) is 0 Å². The van der Waals surface area contributed by atoms with Gasteiger partial charge in [0, 0.05) is 24.4 Å². The van der Waals surface area contributed by atoms with Gasteiger partial charge in [-0.1, -0.05) is 18.2 Å². The van der Waals surface area contributed by atoms with Crippen LogP contribution in [0.15, 0.2) is 47.5 Å². The van der Waals surface area contributed by atoms with Crippen LogP contribution in [-0.2, 0) is 16.6 Å². The van der Waals surface area contributed by atoms with E-state index in [0.717, 1.165) is 12.1 Å². The fourth-order valence-corrected chi connectivity index (χ4v) is 2.94. The number of nitrogens with one attached hydrogen (secondary N) is 1. The number of nitrogens with two attached hydrogens (primary N) is 1. The summed E-state index contributed by atoms with van der Waals surface area (Å²) in [6.07, 6.45) is 1.40. The lowest BCUT2D eigenvalue weighted by atomic mass is 10.3. The van der Waals surface area contributed by atoms with E-state index in [2.05, 4.69) is 9.71 Å². The molecule has 0 amide bonds. The molecule has 2 rings (SSSR count). The Balaban J connectivity index is 2.46. The maximum Gasteiger partial charge on any atom is 0.289 e. The van der Waals surface area contributed by atoms with Gasteiger partial charge >= 0.3 is 0 Å². The van der Waals surface area contributed by atoms with Crippen LogP contribution in [0.4, 0.5) is 11.5 Å². The number of para-hydroxylation sites is 1. The molecule has 0 saturated heterocycles. The molecule has 9 heteroatoms. The highest BCUT2D eigenvalue weighted by Crippen LogP contribution is 2.25. The number of rotatable bonds is 5. The summed E-state index contributed by atoms with van der Waals surface area (Å²) < 4.78 is 26.8. The summed E-state index contributed by atoms with van der Waals surface area (Å²) in [6.45, 7) is 0.0859. The maximum absolute atomic E-state index is 12.3. The predicted molar refractivity (Wildman–Crippen MR) is 76.0 cm³/mol. The van der Waals surface area contributed by atoms with Crippen molar-refractivity contribution in [3.63, 3.8) is 0 Å². The zero-order valence-electron chi connectivity index (χ0n) is 10.8. The summed E-state index contributed by atoms with van der Waals surface area (Å²) >= 11 is 0. The van der Waals surface area contributed by atoms with Crippen LogP contribution < -0.4 is 10.5 Å². The van der Waals surface area contributed by atoms with Gasteiger partial charge in [-0.2, -0.15) is 0 Å². The van der Waals surface area contributed by atoms with Crippen molar-refractivity contribution in [3.8, 4) is 0 Å². The first-order chi connectivity index (χ1) is 9.95. The predicted octanol–water partition coefficient (Wildman–Crippen LogP) is 1.25. The van der Waals surface area contributed by atoms with E-state index in [4.69, 9.17) is 5.73 Å². The molecule has 0 aliphatic carbocycles. The molecule has 21 heavy (non-hydrogen) atoms. The molecule has 3 N–H and O–H groups in total. The van der Waals surface area contributed by atoms with Crippen LogP contribution in [0.25, 0.3) is 0 Å². The number of sulfonamides is 1. The molecule has 1 aromatic heterocycles. The monoisotopic (exact) mass is 308 g/mol. The third-order valence-corrected chi connectivity index (χ3v) is 4.08. The molecule has 8 nitrogen and oxygen atoms in total. The number of aromatic nitrogens is 1. The Morgan fingerprint density at radius 2 is 1.95 bits per heavy atom. The van der Waals surface area contributed by atoms with Gasteiger partial charge in [-0.25, -0.2) is 13.4 Å². The fraction of sp³-hybridized carbons (Fsp3) is 0.0833. The second kappa shape index (κ2) is 5.85. The molecule has 0 atom stereocenters. The number of hydrogen-bond donors (Lipinski definition) is 2. The third-order valence-electron chi connectivity index (χ3n) is 2.69. The molecule has 0 bridgehead atoms. The van der Waals surface area contributed by atoms with Crippen LogP contribution in [0, 0.1) is 10.1 Å². The summed E-state index contributed by atoms with van der Waals surface area (Å²) in [6, 6.07) is 8.31. The second-order valence-electron chi connectivity index (χ2n) is 4.05. The molecule has 0 aliphatic heterocycles. The van der Waals surface area contributed by atoms with Crippen molar-refractivity contribution >= 4 is 21.5 Å². The zero-order valence-corrected chi connectivity index (χ0v) is 11.6. The molecule has 0 saturated carbocycles. The Labute approximate surface area is 120 Å². The topological polar surface area (TPSA) is 128 Å². The van der Waals surface area contributed by atoms with Gasteiger partial charge < -0.3 is 5.73 Å². The number of hydrogen-bond acceptors (Lipinski definition) is 6. The molecule has 0 spiro atoms. The van der Waals surface area contributed by atoms with Crippen LogP contribution in [-0.4, -0.2) is 18.3 Å². The van der Waals surface area contributed by atoms with Crippen LogP contribution >= 0.6 is 0 Å². The highest BCUT2D eigenvalue weighted by molar-refractivity contribution is 7.92. The lowest BCUT2D eigenvalue weighted by Crippen LogP contribution is -2.17. The molecule has 1 aromatic carbocycles. The van der Waals surface area contributed by atoms with Gasteiger partial charge in [-0.05, 0) is 12.1 Å². The molecule has 0 unspecified atom stereocenters. The number of nitro benzene ring substituents is 1. The molecule has 2 aromatic rings. The van der Waals surface area contributed by atoms with Crippen molar-refractivity contribution in [1.29, 1.82) is 0 Å². The SMILES string of the molecule is NCc1cccnc1NS(=O)(=O)c1ccccc1[N+](=O)[O-]. The molecular weight excluding hydrogens is 296 g/mol. The Bertz CT molecular complexity index is 776. The van der Waals surface area contributed by atoms with E-state index in [1.807, 2.05) is 0 Å². The van der Waals surface area contributed by atoms with Gasteiger partial charge in [0.15, 0.2) is 4.90 Å². The molecular formula is C12H12N4O4S. The first kappa shape index (κ1) is 14.9. The van der Waals surface area contributed by atoms with E-state index in [-0.39, 0.29) is 12.4 Å². The van der Waals surface area contributed by atoms with E-state index in [9.17, 15) is 18.5 Å². The van der Waals surface area contributed by atoms with Crippen molar-refractivity contribution in [1.82, 2.24) is 4.98 Å². The van der Waals surface area contributed by atoms with Gasteiger partial charge in [0.05, 0.1) is 4.92 Å². The average molecular weight is 308 g/mol. The summed E-state index contributed by atoms with van der Waals surface area (Å²) in [4.78, 5) is 13.6. The quantitative estimate of drug-likeness (QED) is 0.632. The van der Waals surface area contributed by atoms with Gasteiger partial charge in [0.2, 0.25) is 0 Å². The van der Waals surface area contributed by atoms with E-state index in [1.165, 1.54) is 18.3 Å². The first-order valence-electron chi connectivity index (χ1n) is 5.86. The van der Waals surface area contributed by atoms with Crippen LogP contribution in [0.2, 0.25) is 0 Å². The number of anilines is 1. The Kier molecular flexibility index (Phi) is 4.15. The first-order valence-corrected chi connectivity index (χ1v) is 7.34. The summed E-state index contributed by atoms with van der Waals surface area (Å²) in [5.74, 6) is 0.0538.